The number of nitrogens with one attached hydrogen (secondary N) is 1. The maximum atomic E-state index is 12.4. The molecule has 3 N–H and O–H groups in total. The molecular formula is C24H15N5O4S2. The molecule has 0 bridgehead atoms. The van der Waals surface area contributed by atoms with Gasteiger partial charge in [-0.25, -0.2) is 4.98 Å². The Morgan fingerprint density at radius 2 is 1.91 bits per heavy atom. The fraction of sp³-hybridized carbons (Fsp3) is 0. The summed E-state index contributed by atoms with van der Waals surface area (Å²) in [6.07, 6.45) is 1.20. The lowest BCUT2D eigenvalue weighted by atomic mass is 10.1. The molecule has 0 unspecified atom stereocenters. The van der Waals surface area contributed by atoms with Gasteiger partial charge < -0.3 is 11.1 Å². The minimum Gasteiger partial charge on any atom is -0.365 e. The first-order chi connectivity index (χ1) is 16.8. The summed E-state index contributed by atoms with van der Waals surface area (Å²) in [5.74, 6) is -1.15. The second kappa shape index (κ2) is 10.2. The Labute approximate surface area is 207 Å². The van der Waals surface area contributed by atoms with E-state index < -0.39 is 10.8 Å². The molecule has 0 spiro atoms. The maximum Gasteiger partial charge on any atom is 0.283 e. The number of benzene rings is 3. The molecular weight excluding hydrogens is 486 g/mol. The SMILES string of the molecule is N#C/C(=C\c1ccc(Sc2nc3ccc(NC(=O)c4ccccc4)cc3s2)c([N+](=O)[O-])c1)C(N)=O. The molecule has 0 aliphatic heterocycles. The van der Waals surface area contributed by atoms with Crippen LogP contribution >= 0.6 is 23.1 Å². The number of nitro groups is 1. The van der Waals surface area contributed by atoms with Crippen LogP contribution in [0.15, 0.2) is 81.5 Å². The van der Waals surface area contributed by atoms with Gasteiger partial charge in [-0.3, -0.25) is 19.7 Å². The lowest BCUT2D eigenvalue weighted by molar-refractivity contribution is -0.387. The van der Waals surface area contributed by atoms with Crippen LogP contribution in [0.2, 0.25) is 0 Å². The second-order valence-corrected chi connectivity index (χ2v) is 9.42. The number of nitro benzene ring substituents is 1. The van der Waals surface area contributed by atoms with Crippen molar-refractivity contribution in [1.29, 1.82) is 5.26 Å². The average Bonchev–Trinajstić information content (AvgIpc) is 3.25. The molecule has 1 heterocycles. The van der Waals surface area contributed by atoms with Crippen LogP contribution in [-0.4, -0.2) is 21.7 Å². The van der Waals surface area contributed by atoms with E-state index in [1.54, 1.807) is 54.6 Å². The molecule has 0 saturated heterocycles. The molecule has 4 rings (SSSR count). The standard InChI is InChI=1S/C24H15N5O4S2/c25-13-16(22(26)30)10-14-6-9-20(19(11-14)29(32)33)34-24-28-18-8-7-17(12-21(18)35-24)27-23(31)15-4-2-1-3-5-15/h1-12H,(H2,26,30)(H,27,31)/b16-10+. The third kappa shape index (κ3) is 5.52. The quantitative estimate of drug-likeness (QED) is 0.156. The molecule has 0 aliphatic rings. The molecule has 2 amide bonds. The third-order valence-corrected chi connectivity index (χ3v) is 6.88. The van der Waals surface area contributed by atoms with Crippen LogP contribution in [0.4, 0.5) is 11.4 Å². The highest BCUT2D eigenvalue weighted by atomic mass is 32.2. The Balaban J connectivity index is 1.58. The number of aromatic nitrogens is 1. The van der Waals surface area contributed by atoms with Crippen molar-refractivity contribution < 1.29 is 14.5 Å². The van der Waals surface area contributed by atoms with E-state index in [4.69, 9.17) is 11.0 Å². The first kappa shape index (κ1) is 23.6. The number of fused-ring (bicyclic) bond motifs is 1. The normalized spacial score (nSPS) is 11.1. The Bertz CT molecular complexity index is 1540. The number of nitrogens with zero attached hydrogens (tertiary/aromatic N) is 3. The van der Waals surface area contributed by atoms with Crippen molar-refractivity contribution >= 4 is 62.6 Å². The van der Waals surface area contributed by atoms with E-state index in [-0.39, 0.29) is 17.2 Å². The maximum absolute atomic E-state index is 12.4. The highest BCUT2D eigenvalue weighted by molar-refractivity contribution is 8.01. The highest BCUT2D eigenvalue weighted by Crippen LogP contribution is 2.39. The topological polar surface area (TPSA) is 152 Å². The van der Waals surface area contributed by atoms with E-state index >= 15 is 0 Å². The van der Waals surface area contributed by atoms with Crippen LogP contribution in [0, 0.1) is 21.4 Å². The fourth-order valence-corrected chi connectivity index (χ4v) is 5.24. The second-order valence-electron chi connectivity index (χ2n) is 7.10. The zero-order valence-electron chi connectivity index (χ0n) is 17.8. The number of carbonyl (C=O) groups is 2. The summed E-state index contributed by atoms with van der Waals surface area (Å²) in [5, 5.41) is 23.5. The van der Waals surface area contributed by atoms with Gasteiger partial charge in [0.05, 0.1) is 20.0 Å². The third-order valence-electron chi connectivity index (χ3n) is 4.74. The summed E-state index contributed by atoms with van der Waals surface area (Å²) < 4.78 is 1.38. The number of anilines is 1. The van der Waals surface area contributed by atoms with E-state index in [1.807, 2.05) is 6.07 Å². The Morgan fingerprint density at radius 1 is 1.14 bits per heavy atom. The number of rotatable bonds is 7. The van der Waals surface area contributed by atoms with E-state index in [0.29, 0.717) is 31.6 Å². The zero-order valence-corrected chi connectivity index (χ0v) is 19.4. The van der Waals surface area contributed by atoms with Gasteiger partial charge >= 0.3 is 0 Å². The molecule has 3 aromatic carbocycles. The number of carbonyl (C=O) groups excluding carboxylic acids is 2. The van der Waals surface area contributed by atoms with E-state index in [1.165, 1.54) is 29.5 Å². The molecule has 35 heavy (non-hydrogen) atoms. The van der Waals surface area contributed by atoms with Crippen LogP contribution in [-0.2, 0) is 4.79 Å². The lowest BCUT2D eigenvalue weighted by Crippen LogP contribution is -2.12. The molecule has 0 radical (unpaired) electrons. The summed E-state index contributed by atoms with van der Waals surface area (Å²) in [6.45, 7) is 0. The summed E-state index contributed by atoms with van der Waals surface area (Å²) in [4.78, 5) is 39.7. The minimum absolute atomic E-state index is 0.194. The molecule has 1 aromatic heterocycles. The van der Waals surface area contributed by atoms with Crippen LogP contribution < -0.4 is 11.1 Å². The van der Waals surface area contributed by atoms with Gasteiger partial charge in [0, 0.05) is 17.3 Å². The molecule has 9 nitrogen and oxygen atoms in total. The zero-order chi connectivity index (χ0) is 24.9. The van der Waals surface area contributed by atoms with Crippen LogP contribution in [0.1, 0.15) is 15.9 Å². The fourth-order valence-electron chi connectivity index (χ4n) is 3.09. The highest BCUT2D eigenvalue weighted by Gasteiger charge is 2.18. The van der Waals surface area contributed by atoms with Crippen molar-refractivity contribution in [3.63, 3.8) is 0 Å². The van der Waals surface area contributed by atoms with E-state index in [0.717, 1.165) is 16.5 Å². The number of thiazole rings is 1. The van der Waals surface area contributed by atoms with Crippen LogP contribution in [0.25, 0.3) is 16.3 Å². The van der Waals surface area contributed by atoms with Crippen LogP contribution in [0.3, 0.4) is 0 Å². The van der Waals surface area contributed by atoms with Crippen molar-refractivity contribution in [2.75, 3.05) is 5.32 Å². The smallest absolute Gasteiger partial charge is 0.283 e. The summed E-state index contributed by atoms with van der Waals surface area (Å²) in [5.41, 5.74) is 6.78. The first-order valence-electron chi connectivity index (χ1n) is 9.99. The number of nitrogens with two attached hydrogens (primary N) is 1. The molecule has 0 saturated carbocycles. The van der Waals surface area contributed by atoms with Gasteiger partial charge in [-0.1, -0.05) is 36.0 Å². The average molecular weight is 502 g/mol. The summed E-state index contributed by atoms with van der Waals surface area (Å²) >= 11 is 2.46. The molecule has 172 valence electrons. The molecule has 4 aromatic rings. The summed E-state index contributed by atoms with van der Waals surface area (Å²) in [6, 6.07) is 20.2. The van der Waals surface area contributed by atoms with Crippen molar-refractivity contribution in [3.05, 3.63) is 93.5 Å². The first-order valence-corrected chi connectivity index (χ1v) is 11.6. The Kier molecular flexibility index (Phi) is 6.86. The number of amides is 2. The monoisotopic (exact) mass is 501 g/mol. The van der Waals surface area contributed by atoms with Gasteiger partial charge in [0.2, 0.25) is 0 Å². The molecule has 0 aliphatic carbocycles. The predicted octanol–water partition coefficient (Wildman–Crippen LogP) is 5.00. The van der Waals surface area contributed by atoms with Gasteiger partial charge in [0.1, 0.15) is 11.6 Å². The Morgan fingerprint density at radius 3 is 2.60 bits per heavy atom. The van der Waals surface area contributed by atoms with Crippen molar-refractivity contribution in [2.24, 2.45) is 5.73 Å². The lowest BCUT2D eigenvalue weighted by Gasteiger charge is -2.04. The van der Waals surface area contributed by atoms with Gasteiger partial charge in [-0.05, 0) is 48.0 Å². The molecule has 0 fully saturated rings. The van der Waals surface area contributed by atoms with Gasteiger partial charge in [0.25, 0.3) is 17.5 Å². The largest absolute Gasteiger partial charge is 0.365 e. The van der Waals surface area contributed by atoms with Crippen molar-refractivity contribution in [2.45, 2.75) is 9.24 Å². The number of hydrogen-bond acceptors (Lipinski definition) is 8. The van der Waals surface area contributed by atoms with Gasteiger partial charge in [0.15, 0.2) is 4.34 Å². The number of primary amides is 1. The van der Waals surface area contributed by atoms with Gasteiger partial charge in [-0.15, -0.1) is 11.3 Å². The van der Waals surface area contributed by atoms with Crippen LogP contribution in [0.5, 0.6) is 0 Å². The molecule has 0 atom stereocenters. The Hall–Kier alpha value is -4.53. The number of nitriles is 1. The summed E-state index contributed by atoms with van der Waals surface area (Å²) in [7, 11) is 0. The predicted molar refractivity (Wildman–Crippen MR) is 134 cm³/mol. The van der Waals surface area contributed by atoms with E-state index in [2.05, 4.69) is 10.3 Å². The minimum atomic E-state index is -0.914. The van der Waals surface area contributed by atoms with E-state index in [9.17, 15) is 19.7 Å². The number of hydrogen-bond donors (Lipinski definition) is 2. The van der Waals surface area contributed by atoms with Crippen molar-refractivity contribution in [1.82, 2.24) is 4.98 Å². The van der Waals surface area contributed by atoms with Crippen molar-refractivity contribution in [3.8, 4) is 6.07 Å². The van der Waals surface area contributed by atoms with Gasteiger partial charge in [-0.2, -0.15) is 5.26 Å². The molecule has 11 heteroatoms.